The standard InChI is InChI=1S/C21H32O.C2H6/c1-4-18(13-16(2)3)19-5-7-20(8-6-19)22-15-21-11-9-17(14-21)10-12-21;1-2/h5-8,16-18H,4,9-15H2,1-3H3;1-2H3. The van der Waals surface area contributed by atoms with Gasteiger partial charge in [0.1, 0.15) is 5.75 Å². The van der Waals surface area contributed by atoms with Gasteiger partial charge in [0.15, 0.2) is 0 Å². The first kappa shape index (κ1) is 19.3. The Morgan fingerprint density at radius 2 is 1.71 bits per heavy atom. The monoisotopic (exact) mass is 330 g/mol. The molecule has 136 valence electrons. The van der Waals surface area contributed by atoms with E-state index in [0.717, 1.165) is 24.2 Å². The van der Waals surface area contributed by atoms with E-state index in [4.69, 9.17) is 4.74 Å². The zero-order valence-corrected chi connectivity index (χ0v) is 16.6. The summed E-state index contributed by atoms with van der Waals surface area (Å²) in [7, 11) is 0. The molecule has 0 amide bonds. The molecule has 0 radical (unpaired) electrons. The molecule has 1 nitrogen and oxygen atoms in total. The van der Waals surface area contributed by atoms with Crippen molar-refractivity contribution >= 4 is 0 Å². The molecule has 2 aliphatic rings. The summed E-state index contributed by atoms with van der Waals surface area (Å²) in [5, 5.41) is 0. The molecule has 0 aromatic heterocycles. The SMILES string of the molecule is CC.CCC(CC(C)C)c1ccc(OCC23CCC(CC2)C3)cc1. The average molecular weight is 331 g/mol. The second kappa shape index (κ2) is 8.92. The largest absolute Gasteiger partial charge is 0.493 e. The first-order valence-electron chi connectivity index (χ1n) is 10.3. The lowest BCUT2D eigenvalue weighted by atomic mass is 9.85. The molecule has 1 aromatic carbocycles. The lowest BCUT2D eigenvalue weighted by Crippen LogP contribution is -2.23. The Balaban J connectivity index is 0.00000100. The molecule has 0 aliphatic heterocycles. The van der Waals surface area contributed by atoms with E-state index in [1.165, 1.54) is 50.5 Å². The minimum atomic E-state index is 0.521. The van der Waals surface area contributed by atoms with Crippen LogP contribution in [0.1, 0.15) is 91.0 Å². The molecule has 0 N–H and O–H groups in total. The van der Waals surface area contributed by atoms with E-state index in [1.54, 1.807) is 0 Å². The zero-order valence-electron chi connectivity index (χ0n) is 16.6. The van der Waals surface area contributed by atoms with Gasteiger partial charge in [0.25, 0.3) is 0 Å². The lowest BCUT2D eigenvalue weighted by Gasteiger charge is -2.26. The molecule has 2 aliphatic carbocycles. The summed E-state index contributed by atoms with van der Waals surface area (Å²) in [5.41, 5.74) is 2.00. The van der Waals surface area contributed by atoms with Crippen molar-refractivity contribution in [2.45, 2.75) is 85.5 Å². The quantitative estimate of drug-likeness (QED) is 0.513. The van der Waals surface area contributed by atoms with Gasteiger partial charge in [-0.2, -0.15) is 0 Å². The maximum Gasteiger partial charge on any atom is 0.119 e. The number of hydrogen-bond donors (Lipinski definition) is 0. The predicted octanol–water partition coefficient (Wildman–Crippen LogP) is 7.21. The van der Waals surface area contributed by atoms with Crippen LogP contribution >= 0.6 is 0 Å². The molecule has 2 saturated carbocycles. The summed E-state index contributed by atoms with van der Waals surface area (Å²) in [6.07, 6.45) is 9.58. The van der Waals surface area contributed by atoms with E-state index < -0.39 is 0 Å². The number of benzene rings is 1. The van der Waals surface area contributed by atoms with E-state index in [0.29, 0.717) is 11.3 Å². The van der Waals surface area contributed by atoms with Crippen LogP contribution in [0.15, 0.2) is 24.3 Å². The average Bonchev–Trinajstić information content (AvgIpc) is 3.21. The molecule has 2 bridgehead atoms. The molecule has 0 heterocycles. The highest BCUT2D eigenvalue weighted by molar-refractivity contribution is 5.29. The Morgan fingerprint density at radius 1 is 1.08 bits per heavy atom. The van der Waals surface area contributed by atoms with Gasteiger partial charge < -0.3 is 4.74 Å². The molecule has 3 rings (SSSR count). The highest BCUT2D eigenvalue weighted by atomic mass is 16.5. The van der Waals surface area contributed by atoms with Gasteiger partial charge in [-0.3, -0.25) is 0 Å². The summed E-state index contributed by atoms with van der Waals surface area (Å²) in [6.45, 7) is 11.9. The molecule has 1 unspecified atom stereocenters. The Hall–Kier alpha value is -0.980. The third-order valence-electron chi connectivity index (χ3n) is 6.03. The minimum absolute atomic E-state index is 0.521. The Morgan fingerprint density at radius 3 is 2.17 bits per heavy atom. The van der Waals surface area contributed by atoms with Gasteiger partial charge in [-0.15, -0.1) is 0 Å². The van der Waals surface area contributed by atoms with E-state index in [9.17, 15) is 0 Å². The van der Waals surface area contributed by atoms with E-state index in [2.05, 4.69) is 45.0 Å². The normalized spacial score (nSPS) is 26.2. The van der Waals surface area contributed by atoms with Gasteiger partial charge in [-0.1, -0.05) is 46.8 Å². The molecule has 1 heteroatoms. The van der Waals surface area contributed by atoms with Crippen molar-refractivity contribution in [1.29, 1.82) is 0 Å². The highest BCUT2D eigenvalue weighted by Gasteiger charge is 2.45. The molecule has 2 fully saturated rings. The Bertz CT molecular complexity index is 465. The summed E-state index contributed by atoms with van der Waals surface area (Å²) >= 11 is 0. The molecular formula is C23H38O. The van der Waals surface area contributed by atoms with Gasteiger partial charge in [0.2, 0.25) is 0 Å². The highest BCUT2D eigenvalue weighted by Crippen LogP contribution is 2.54. The third kappa shape index (κ3) is 4.77. The van der Waals surface area contributed by atoms with Crippen molar-refractivity contribution < 1.29 is 4.74 Å². The number of ether oxygens (including phenoxy) is 1. The number of fused-ring (bicyclic) bond motifs is 2. The fourth-order valence-electron chi connectivity index (χ4n) is 4.69. The number of hydrogen-bond acceptors (Lipinski definition) is 1. The van der Waals surface area contributed by atoms with Crippen molar-refractivity contribution in [3.8, 4) is 5.75 Å². The fraction of sp³-hybridized carbons (Fsp3) is 0.739. The van der Waals surface area contributed by atoms with Gasteiger partial charge in [-0.25, -0.2) is 0 Å². The van der Waals surface area contributed by atoms with Crippen LogP contribution in [-0.2, 0) is 0 Å². The van der Waals surface area contributed by atoms with Crippen molar-refractivity contribution in [1.82, 2.24) is 0 Å². The van der Waals surface area contributed by atoms with Crippen LogP contribution in [0, 0.1) is 17.3 Å². The fourth-order valence-corrected chi connectivity index (χ4v) is 4.69. The van der Waals surface area contributed by atoms with Crippen molar-refractivity contribution in [3.05, 3.63) is 29.8 Å². The number of rotatable bonds is 7. The Kier molecular flexibility index (Phi) is 7.19. The van der Waals surface area contributed by atoms with Crippen molar-refractivity contribution in [2.75, 3.05) is 6.61 Å². The minimum Gasteiger partial charge on any atom is -0.493 e. The lowest BCUT2D eigenvalue weighted by molar-refractivity contribution is 0.152. The summed E-state index contributed by atoms with van der Waals surface area (Å²) in [6, 6.07) is 8.96. The summed E-state index contributed by atoms with van der Waals surface area (Å²) in [4.78, 5) is 0. The van der Waals surface area contributed by atoms with Crippen LogP contribution in [0.2, 0.25) is 0 Å². The first-order valence-corrected chi connectivity index (χ1v) is 10.3. The topological polar surface area (TPSA) is 9.23 Å². The van der Waals surface area contributed by atoms with Crippen LogP contribution < -0.4 is 4.74 Å². The predicted molar refractivity (Wildman–Crippen MR) is 105 cm³/mol. The maximum absolute atomic E-state index is 6.16. The molecule has 1 atom stereocenters. The van der Waals surface area contributed by atoms with Crippen LogP contribution in [0.4, 0.5) is 0 Å². The second-order valence-corrected chi connectivity index (χ2v) is 8.24. The van der Waals surface area contributed by atoms with Gasteiger partial charge in [-0.05, 0) is 80.4 Å². The van der Waals surface area contributed by atoms with Crippen LogP contribution in [-0.4, -0.2) is 6.61 Å². The van der Waals surface area contributed by atoms with E-state index in [1.807, 2.05) is 13.8 Å². The molecule has 0 saturated heterocycles. The van der Waals surface area contributed by atoms with E-state index in [-0.39, 0.29) is 0 Å². The second-order valence-electron chi connectivity index (χ2n) is 8.24. The van der Waals surface area contributed by atoms with Gasteiger partial charge in [0, 0.05) is 5.41 Å². The third-order valence-corrected chi connectivity index (χ3v) is 6.03. The molecule has 0 spiro atoms. The van der Waals surface area contributed by atoms with E-state index >= 15 is 0 Å². The van der Waals surface area contributed by atoms with Crippen LogP contribution in [0.3, 0.4) is 0 Å². The van der Waals surface area contributed by atoms with Gasteiger partial charge >= 0.3 is 0 Å². The summed E-state index contributed by atoms with van der Waals surface area (Å²) in [5.74, 6) is 3.52. The molecule has 24 heavy (non-hydrogen) atoms. The van der Waals surface area contributed by atoms with Crippen LogP contribution in [0.25, 0.3) is 0 Å². The van der Waals surface area contributed by atoms with Crippen molar-refractivity contribution in [3.63, 3.8) is 0 Å². The molecular weight excluding hydrogens is 292 g/mol. The first-order chi connectivity index (χ1) is 11.6. The zero-order chi connectivity index (χ0) is 17.6. The smallest absolute Gasteiger partial charge is 0.119 e. The maximum atomic E-state index is 6.16. The molecule has 1 aromatic rings. The van der Waals surface area contributed by atoms with Crippen molar-refractivity contribution in [2.24, 2.45) is 17.3 Å². The Labute approximate surface area is 150 Å². The summed E-state index contributed by atoms with van der Waals surface area (Å²) < 4.78 is 6.16. The van der Waals surface area contributed by atoms with Gasteiger partial charge in [0.05, 0.1) is 6.61 Å². The van der Waals surface area contributed by atoms with Crippen LogP contribution in [0.5, 0.6) is 5.75 Å².